The second-order valence-electron chi connectivity index (χ2n) is 5.74. The molecule has 1 aromatic carbocycles. The van der Waals surface area contributed by atoms with Crippen LogP contribution in [-0.2, 0) is 10.0 Å². The third-order valence-electron chi connectivity index (χ3n) is 3.90. The van der Waals surface area contributed by atoms with Crippen LogP contribution in [0.15, 0.2) is 42.6 Å². The standard InChI is InChI=1S/C17H19N3O3S/c1-2-9-24(22,23)20-13-6-3-5-12(10-13)16(21)15-11-19-17-14(15)7-4-8-18-17/h3-8,10,15,20H,2,9,11H2,1H3,(H,18,19). The summed E-state index contributed by atoms with van der Waals surface area (Å²) in [5.41, 5.74) is 1.77. The van der Waals surface area contributed by atoms with Gasteiger partial charge in [0, 0.05) is 29.6 Å². The Morgan fingerprint density at radius 3 is 2.96 bits per heavy atom. The molecular weight excluding hydrogens is 326 g/mol. The molecule has 0 amide bonds. The highest BCUT2D eigenvalue weighted by Crippen LogP contribution is 2.32. The Kier molecular flexibility index (Phi) is 4.53. The molecule has 24 heavy (non-hydrogen) atoms. The van der Waals surface area contributed by atoms with Gasteiger partial charge in [-0.2, -0.15) is 0 Å². The van der Waals surface area contributed by atoms with Crippen molar-refractivity contribution in [2.75, 3.05) is 22.3 Å². The van der Waals surface area contributed by atoms with Crippen molar-refractivity contribution >= 4 is 27.3 Å². The third kappa shape index (κ3) is 3.41. The Balaban J connectivity index is 1.83. The fraction of sp³-hybridized carbons (Fsp3) is 0.294. The molecule has 1 aromatic heterocycles. The van der Waals surface area contributed by atoms with E-state index in [0.717, 1.165) is 11.4 Å². The van der Waals surface area contributed by atoms with Crippen LogP contribution in [0.5, 0.6) is 0 Å². The minimum Gasteiger partial charge on any atom is -0.369 e. The van der Waals surface area contributed by atoms with Crippen molar-refractivity contribution in [2.45, 2.75) is 19.3 Å². The molecule has 0 saturated carbocycles. The van der Waals surface area contributed by atoms with Crippen LogP contribution in [0.3, 0.4) is 0 Å². The van der Waals surface area contributed by atoms with Crippen LogP contribution in [0.1, 0.15) is 35.2 Å². The van der Waals surface area contributed by atoms with Crippen LogP contribution >= 0.6 is 0 Å². The first-order valence-electron chi connectivity index (χ1n) is 7.84. The van der Waals surface area contributed by atoms with Gasteiger partial charge in [0.1, 0.15) is 5.82 Å². The maximum absolute atomic E-state index is 12.8. The number of hydrogen-bond acceptors (Lipinski definition) is 5. The average molecular weight is 345 g/mol. The first-order valence-corrected chi connectivity index (χ1v) is 9.49. The van der Waals surface area contributed by atoms with E-state index >= 15 is 0 Å². The summed E-state index contributed by atoms with van der Waals surface area (Å²) in [6.07, 6.45) is 2.22. The fourth-order valence-electron chi connectivity index (χ4n) is 2.83. The summed E-state index contributed by atoms with van der Waals surface area (Å²) >= 11 is 0. The maximum Gasteiger partial charge on any atom is 0.232 e. The lowest BCUT2D eigenvalue weighted by Gasteiger charge is -2.11. The Labute approximate surface area is 141 Å². The largest absolute Gasteiger partial charge is 0.369 e. The minimum atomic E-state index is -3.38. The van der Waals surface area contributed by atoms with Gasteiger partial charge in [0.2, 0.25) is 10.0 Å². The molecular formula is C17H19N3O3S. The molecule has 2 heterocycles. The fourth-order valence-corrected chi connectivity index (χ4v) is 3.95. The Bertz CT molecular complexity index is 865. The Morgan fingerprint density at radius 1 is 1.33 bits per heavy atom. The normalized spacial score (nSPS) is 16.3. The summed E-state index contributed by atoms with van der Waals surface area (Å²) in [6, 6.07) is 10.3. The van der Waals surface area contributed by atoms with Gasteiger partial charge in [0.15, 0.2) is 5.78 Å². The number of hydrogen-bond donors (Lipinski definition) is 2. The van der Waals surface area contributed by atoms with Crippen molar-refractivity contribution in [1.82, 2.24) is 4.98 Å². The SMILES string of the molecule is CCCS(=O)(=O)Nc1cccc(C(=O)C2CNc3ncccc32)c1. The number of rotatable bonds is 6. The zero-order chi connectivity index (χ0) is 17.2. The van der Waals surface area contributed by atoms with E-state index in [1.165, 1.54) is 0 Å². The number of ketones is 1. The number of sulfonamides is 1. The van der Waals surface area contributed by atoms with E-state index in [1.54, 1.807) is 43.5 Å². The van der Waals surface area contributed by atoms with Crippen molar-refractivity contribution in [3.63, 3.8) is 0 Å². The second-order valence-corrected chi connectivity index (χ2v) is 7.58. The quantitative estimate of drug-likeness (QED) is 0.786. The molecule has 6 nitrogen and oxygen atoms in total. The van der Waals surface area contributed by atoms with Gasteiger partial charge in [-0.15, -0.1) is 0 Å². The zero-order valence-electron chi connectivity index (χ0n) is 13.3. The molecule has 1 atom stereocenters. The summed E-state index contributed by atoms with van der Waals surface area (Å²) < 4.78 is 26.3. The predicted octanol–water partition coefficient (Wildman–Crippen LogP) is 2.63. The van der Waals surface area contributed by atoms with Crippen molar-refractivity contribution < 1.29 is 13.2 Å². The van der Waals surface area contributed by atoms with Gasteiger partial charge in [-0.3, -0.25) is 9.52 Å². The number of aromatic nitrogens is 1. The summed E-state index contributed by atoms with van der Waals surface area (Å²) in [4.78, 5) is 17.0. The number of nitrogens with zero attached hydrogens (tertiary/aromatic N) is 1. The lowest BCUT2D eigenvalue weighted by Crippen LogP contribution is -2.17. The summed E-state index contributed by atoms with van der Waals surface area (Å²) in [5, 5.41) is 3.13. The van der Waals surface area contributed by atoms with E-state index in [1.807, 2.05) is 6.07 Å². The average Bonchev–Trinajstić information content (AvgIpc) is 2.98. The van der Waals surface area contributed by atoms with Gasteiger partial charge < -0.3 is 5.32 Å². The highest BCUT2D eigenvalue weighted by Gasteiger charge is 2.30. The minimum absolute atomic E-state index is 0.0502. The molecule has 3 rings (SSSR count). The summed E-state index contributed by atoms with van der Waals surface area (Å²) in [7, 11) is -3.38. The molecule has 7 heteroatoms. The second kappa shape index (κ2) is 6.60. The van der Waals surface area contributed by atoms with Gasteiger partial charge in [-0.05, 0) is 24.6 Å². The van der Waals surface area contributed by atoms with Gasteiger partial charge in [0.25, 0.3) is 0 Å². The number of carbonyl (C=O) groups is 1. The third-order valence-corrected chi connectivity index (χ3v) is 5.39. The van der Waals surface area contributed by atoms with Crippen molar-refractivity contribution in [3.8, 4) is 0 Å². The van der Waals surface area contributed by atoms with Gasteiger partial charge in [-0.1, -0.05) is 25.1 Å². The lowest BCUT2D eigenvalue weighted by molar-refractivity contribution is 0.0966. The van der Waals surface area contributed by atoms with Crippen molar-refractivity contribution in [2.24, 2.45) is 0 Å². The number of nitrogens with one attached hydrogen (secondary N) is 2. The maximum atomic E-state index is 12.8. The zero-order valence-corrected chi connectivity index (χ0v) is 14.1. The predicted molar refractivity (Wildman–Crippen MR) is 93.9 cm³/mol. The van der Waals surface area contributed by atoms with Crippen LogP contribution in [-0.4, -0.2) is 31.5 Å². The highest BCUT2D eigenvalue weighted by atomic mass is 32.2. The molecule has 126 valence electrons. The number of benzene rings is 1. The monoisotopic (exact) mass is 345 g/mol. The number of carbonyl (C=O) groups excluding carboxylic acids is 1. The molecule has 0 aliphatic carbocycles. The van der Waals surface area contributed by atoms with Crippen molar-refractivity contribution in [3.05, 3.63) is 53.7 Å². The topological polar surface area (TPSA) is 88.2 Å². The summed E-state index contributed by atoms with van der Waals surface area (Å²) in [6.45, 7) is 2.30. The molecule has 0 bridgehead atoms. The van der Waals surface area contributed by atoms with Crippen LogP contribution in [0, 0.1) is 0 Å². The van der Waals surface area contributed by atoms with Crippen LogP contribution < -0.4 is 10.0 Å². The van der Waals surface area contributed by atoms with Crippen molar-refractivity contribution in [1.29, 1.82) is 0 Å². The first kappa shape index (κ1) is 16.4. The molecule has 0 fully saturated rings. The number of anilines is 2. The van der Waals surface area contributed by atoms with E-state index < -0.39 is 10.0 Å². The van der Waals surface area contributed by atoms with E-state index in [2.05, 4.69) is 15.0 Å². The van der Waals surface area contributed by atoms with Crippen LogP contribution in [0.25, 0.3) is 0 Å². The molecule has 0 saturated heterocycles. The number of fused-ring (bicyclic) bond motifs is 1. The molecule has 1 unspecified atom stereocenters. The molecule has 1 aliphatic rings. The van der Waals surface area contributed by atoms with Gasteiger partial charge >= 0.3 is 0 Å². The molecule has 2 aromatic rings. The van der Waals surface area contributed by atoms with E-state index in [4.69, 9.17) is 0 Å². The highest BCUT2D eigenvalue weighted by molar-refractivity contribution is 7.92. The van der Waals surface area contributed by atoms with Gasteiger partial charge in [-0.25, -0.2) is 13.4 Å². The molecule has 1 aliphatic heterocycles. The van der Waals surface area contributed by atoms with E-state index in [9.17, 15) is 13.2 Å². The summed E-state index contributed by atoms with van der Waals surface area (Å²) in [5.74, 6) is 0.425. The number of pyridine rings is 1. The van der Waals surface area contributed by atoms with Crippen LogP contribution in [0.2, 0.25) is 0 Å². The molecule has 0 spiro atoms. The smallest absolute Gasteiger partial charge is 0.232 e. The number of Topliss-reactive ketones (excluding diaryl/α,β-unsaturated/α-hetero) is 1. The Hall–Kier alpha value is -2.41. The molecule has 0 radical (unpaired) electrons. The van der Waals surface area contributed by atoms with E-state index in [0.29, 0.717) is 24.2 Å². The van der Waals surface area contributed by atoms with E-state index in [-0.39, 0.29) is 17.5 Å². The van der Waals surface area contributed by atoms with Gasteiger partial charge in [0.05, 0.1) is 11.7 Å². The Morgan fingerprint density at radius 2 is 2.17 bits per heavy atom. The first-order chi connectivity index (χ1) is 11.5. The van der Waals surface area contributed by atoms with Crippen LogP contribution in [0.4, 0.5) is 11.5 Å². The molecule has 2 N–H and O–H groups in total. The lowest BCUT2D eigenvalue weighted by atomic mass is 9.93.